The van der Waals surface area contributed by atoms with Gasteiger partial charge in [-0.25, -0.2) is 13.2 Å². The maximum Gasteiger partial charge on any atom is 0.262 e. The Labute approximate surface area is 145 Å². The number of nitrogens with zero attached hydrogens (tertiary/aromatic N) is 2. The first-order chi connectivity index (χ1) is 11.9. The number of hydrogen-bond donors (Lipinski definition) is 0. The molecular formula is C18H23F3N2O2. The zero-order valence-corrected chi connectivity index (χ0v) is 14.3. The van der Waals surface area contributed by atoms with Gasteiger partial charge in [-0.15, -0.1) is 0 Å². The first-order valence-corrected chi connectivity index (χ1v) is 8.61. The van der Waals surface area contributed by atoms with Crippen molar-refractivity contribution in [2.24, 2.45) is 0 Å². The Morgan fingerprint density at radius 2 is 2.12 bits per heavy atom. The van der Waals surface area contributed by atoms with Crippen LogP contribution in [-0.4, -0.2) is 66.6 Å². The molecule has 0 N–H and O–H groups in total. The SMILES string of the molecule is CCOCC1CC(F)(F)CN1C1CN(C(=O)Cc2cccc(F)c2)C1. The van der Waals surface area contributed by atoms with E-state index in [-0.39, 0.29) is 43.2 Å². The molecular weight excluding hydrogens is 333 g/mol. The number of alkyl halides is 2. The normalized spacial score (nSPS) is 23.7. The highest BCUT2D eigenvalue weighted by Crippen LogP contribution is 2.35. The average Bonchev–Trinajstić information content (AvgIpc) is 2.78. The van der Waals surface area contributed by atoms with E-state index in [0.717, 1.165) is 0 Å². The van der Waals surface area contributed by atoms with Gasteiger partial charge >= 0.3 is 0 Å². The van der Waals surface area contributed by atoms with E-state index in [2.05, 4.69) is 0 Å². The molecule has 2 aliphatic rings. The molecule has 2 aliphatic heterocycles. The molecule has 4 nitrogen and oxygen atoms in total. The van der Waals surface area contributed by atoms with E-state index < -0.39 is 5.92 Å². The first kappa shape index (κ1) is 18.2. The van der Waals surface area contributed by atoms with Crippen LogP contribution >= 0.6 is 0 Å². The average molecular weight is 356 g/mol. The molecule has 1 atom stereocenters. The lowest BCUT2D eigenvalue weighted by atomic mass is 10.0. The highest BCUT2D eigenvalue weighted by Gasteiger charge is 2.50. The second-order valence-electron chi connectivity index (χ2n) is 6.80. The first-order valence-electron chi connectivity index (χ1n) is 8.61. The number of carbonyl (C=O) groups excluding carboxylic acids is 1. The fraction of sp³-hybridized carbons (Fsp3) is 0.611. The Kier molecular flexibility index (Phi) is 5.34. The molecule has 0 saturated carbocycles. The third-order valence-corrected chi connectivity index (χ3v) is 4.86. The lowest BCUT2D eigenvalue weighted by Crippen LogP contribution is -2.62. The lowest BCUT2D eigenvalue weighted by Gasteiger charge is -2.46. The van der Waals surface area contributed by atoms with Gasteiger partial charge in [-0.05, 0) is 24.6 Å². The van der Waals surface area contributed by atoms with Gasteiger partial charge in [0.1, 0.15) is 5.82 Å². The van der Waals surface area contributed by atoms with Crippen LogP contribution in [0.3, 0.4) is 0 Å². The van der Waals surface area contributed by atoms with Crippen LogP contribution in [0.5, 0.6) is 0 Å². The Morgan fingerprint density at radius 1 is 1.36 bits per heavy atom. The van der Waals surface area contributed by atoms with Crippen molar-refractivity contribution in [2.45, 2.75) is 37.8 Å². The molecule has 2 heterocycles. The summed E-state index contributed by atoms with van der Waals surface area (Å²) in [6.07, 6.45) is -0.0657. The number of amides is 1. The highest BCUT2D eigenvalue weighted by atomic mass is 19.3. The summed E-state index contributed by atoms with van der Waals surface area (Å²) in [5.41, 5.74) is 0.621. The molecule has 2 saturated heterocycles. The highest BCUT2D eigenvalue weighted by molar-refractivity contribution is 5.79. The minimum absolute atomic E-state index is 0.0599. The van der Waals surface area contributed by atoms with Crippen molar-refractivity contribution in [3.8, 4) is 0 Å². The van der Waals surface area contributed by atoms with Crippen molar-refractivity contribution < 1.29 is 22.7 Å². The molecule has 1 amide bonds. The van der Waals surface area contributed by atoms with Crippen LogP contribution in [0.4, 0.5) is 13.2 Å². The molecule has 2 fully saturated rings. The zero-order valence-electron chi connectivity index (χ0n) is 14.3. The smallest absolute Gasteiger partial charge is 0.262 e. The summed E-state index contributed by atoms with van der Waals surface area (Å²) in [7, 11) is 0. The van der Waals surface area contributed by atoms with Crippen molar-refractivity contribution in [3.63, 3.8) is 0 Å². The van der Waals surface area contributed by atoms with Crippen LogP contribution in [0.15, 0.2) is 24.3 Å². The third-order valence-electron chi connectivity index (χ3n) is 4.86. The molecule has 0 bridgehead atoms. The van der Waals surface area contributed by atoms with Crippen molar-refractivity contribution in [3.05, 3.63) is 35.6 Å². The molecule has 0 aliphatic carbocycles. The summed E-state index contributed by atoms with van der Waals surface area (Å²) < 4.78 is 46.0. The van der Waals surface area contributed by atoms with Gasteiger partial charge in [-0.2, -0.15) is 0 Å². The number of likely N-dealkylation sites (tertiary alicyclic amines) is 2. The van der Waals surface area contributed by atoms with Gasteiger partial charge in [0.2, 0.25) is 5.91 Å². The predicted octanol–water partition coefficient (Wildman–Crippen LogP) is 2.33. The maximum absolute atomic E-state index is 13.8. The van der Waals surface area contributed by atoms with E-state index in [0.29, 0.717) is 31.9 Å². The summed E-state index contributed by atoms with van der Waals surface area (Å²) in [4.78, 5) is 15.7. The summed E-state index contributed by atoms with van der Waals surface area (Å²) in [6.45, 7) is 3.23. The van der Waals surface area contributed by atoms with E-state index in [1.165, 1.54) is 12.1 Å². The van der Waals surface area contributed by atoms with Crippen molar-refractivity contribution in [1.29, 1.82) is 0 Å². The van der Waals surface area contributed by atoms with E-state index in [4.69, 9.17) is 4.74 Å². The topological polar surface area (TPSA) is 32.8 Å². The van der Waals surface area contributed by atoms with Crippen molar-refractivity contribution in [2.75, 3.05) is 32.8 Å². The molecule has 138 valence electrons. The number of halogens is 3. The van der Waals surface area contributed by atoms with Gasteiger partial charge in [0, 0.05) is 38.2 Å². The van der Waals surface area contributed by atoms with E-state index in [1.54, 1.807) is 21.9 Å². The zero-order chi connectivity index (χ0) is 18.0. The van der Waals surface area contributed by atoms with Gasteiger partial charge in [-0.3, -0.25) is 9.69 Å². The van der Waals surface area contributed by atoms with Gasteiger partial charge < -0.3 is 9.64 Å². The molecule has 3 rings (SSSR count). The summed E-state index contributed by atoms with van der Waals surface area (Å²) in [5, 5.41) is 0. The maximum atomic E-state index is 13.8. The summed E-state index contributed by atoms with van der Waals surface area (Å²) in [5.74, 6) is -3.17. The molecule has 1 aromatic rings. The van der Waals surface area contributed by atoms with Crippen molar-refractivity contribution >= 4 is 5.91 Å². The minimum atomic E-state index is -2.70. The molecule has 0 aromatic heterocycles. The van der Waals surface area contributed by atoms with Gasteiger partial charge in [0.05, 0.1) is 19.6 Å². The second kappa shape index (κ2) is 7.33. The molecule has 7 heteroatoms. The summed E-state index contributed by atoms with van der Waals surface area (Å²) >= 11 is 0. The third kappa shape index (κ3) is 4.33. The van der Waals surface area contributed by atoms with Gasteiger partial charge in [-0.1, -0.05) is 12.1 Å². The Morgan fingerprint density at radius 3 is 2.80 bits per heavy atom. The largest absolute Gasteiger partial charge is 0.380 e. The minimum Gasteiger partial charge on any atom is -0.380 e. The van der Waals surface area contributed by atoms with Crippen LogP contribution in [0.1, 0.15) is 18.9 Å². The van der Waals surface area contributed by atoms with E-state index in [9.17, 15) is 18.0 Å². The fourth-order valence-electron chi connectivity index (χ4n) is 3.56. The Hall–Kier alpha value is -1.60. The fourth-order valence-corrected chi connectivity index (χ4v) is 3.56. The number of rotatable bonds is 6. The predicted molar refractivity (Wildman–Crippen MR) is 87.0 cm³/mol. The molecule has 0 radical (unpaired) electrons. The number of carbonyl (C=O) groups is 1. The van der Waals surface area contributed by atoms with Crippen LogP contribution in [-0.2, 0) is 16.0 Å². The molecule has 1 aromatic carbocycles. The van der Waals surface area contributed by atoms with E-state index >= 15 is 0 Å². The van der Waals surface area contributed by atoms with Gasteiger partial charge in [0.15, 0.2) is 0 Å². The lowest BCUT2D eigenvalue weighted by molar-refractivity contribution is -0.138. The Balaban J connectivity index is 1.53. The van der Waals surface area contributed by atoms with E-state index in [1.807, 2.05) is 6.92 Å². The Bertz CT molecular complexity index is 620. The quantitative estimate of drug-likeness (QED) is 0.784. The van der Waals surface area contributed by atoms with Crippen LogP contribution < -0.4 is 0 Å². The standard InChI is InChI=1S/C18H23F3N2O2/c1-2-25-11-15-8-18(20,21)12-23(15)16-9-22(10-16)17(24)7-13-4-3-5-14(19)6-13/h3-6,15-16H,2,7-12H2,1H3. The number of benzene rings is 1. The number of hydrogen-bond acceptors (Lipinski definition) is 3. The molecule has 1 unspecified atom stereocenters. The molecule has 25 heavy (non-hydrogen) atoms. The molecule has 0 spiro atoms. The van der Waals surface area contributed by atoms with Crippen molar-refractivity contribution in [1.82, 2.24) is 9.80 Å². The van der Waals surface area contributed by atoms with Crippen LogP contribution in [0, 0.1) is 5.82 Å². The summed E-state index contributed by atoms with van der Waals surface area (Å²) in [6, 6.07) is 5.59. The van der Waals surface area contributed by atoms with Crippen LogP contribution in [0.25, 0.3) is 0 Å². The van der Waals surface area contributed by atoms with Gasteiger partial charge in [0.25, 0.3) is 5.92 Å². The second-order valence-corrected chi connectivity index (χ2v) is 6.80. The monoisotopic (exact) mass is 356 g/mol. The number of ether oxygens (including phenoxy) is 1. The van der Waals surface area contributed by atoms with Crippen LogP contribution in [0.2, 0.25) is 0 Å².